The highest BCUT2D eigenvalue weighted by Crippen LogP contribution is 2.20. The van der Waals surface area contributed by atoms with Crippen LogP contribution in [0.15, 0.2) is 89.2 Å². The van der Waals surface area contributed by atoms with Crippen LogP contribution in [-0.4, -0.2) is 87.7 Å². The van der Waals surface area contributed by atoms with E-state index in [1.807, 2.05) is 49.4 Å². The number of piperidine rings is 1. The highest BCUT2D eigenvalue weighted by molar-refractivity contribution is 7.94. The Balaban J connectivity index is 1.29. The summed E-state index contributed by atoms with van der Waals surface area (Å²) in [6.45, 7) is 6.56. The number of hydrogen-bond donors (Lipinski definition) is 2. The van der Waals surface area contributed by atoms with Crippen molar-refractivity contribution in [2.75, 3.05) is 39.4 Å². The second kappa shape index (κ2) is 15.5. The molecule has 5 rings (SSSR count). The van der Waals surface area contributed by atoms with Gasteiger partial charge in [-0.2, -0.15) is 0 Å². The van der Waals surface area contributed by atoms with Gasteiger partial charge in [0.05, 0.1) is 18.1 Å². The zero-order chi connectivity index (χ0) is 31.6. The van der Waals surface area contributed by atoms with Gasteiger partial charge in [0.1, 0.15) is 6.04 Å². The first kappa shape index (κ1) is 32.7. The number of nitrogens with one attached hydrogen (secondary N) is 2. The number of benzene rings is 3. The fourth-order valence-electron chi connectivity index (χ4n) is 6.13. The van der Waals surface area contributed by atoms with E-state index in [1.165, 1.54) is 11.5 Å². The van der Waals surface area contributed by atoms with Gasteiger partial charge in [0.2, 0.25) is 5.91 Å². The molecule has 0 aliphatic carbocycles. The van der Waals surface area contributed by atoms with Crippen LogP contribution < -0.4 is 10.6 Å². The van der Waals surface area contributed by atoms with E-state index >= 15 is 0 Å². The van der Waals surface area contributed by atoms with Crippen LogP contribution in [0.1, 0.15) is 38.2 Å². The molecule has 0 unspecified atom stereocenters. The van der Waals surface area contributed by atoms with Gasteiger partial charge < -0.3 is 20.3 Å². The number of fused-ring (bicyclic) bond motifs is 1. The lowest BCUT2D eigenvalue weighted by atomic mass is 10.0. The Labute approximate surface area is 266 Å². The van der Waals surface area contributed by atoms with Crippen LogP contribution in [0, 0.1) is 0 Å². The van der Waals surface area contributed by atoms with Crippen molar-refractivity contribution in [1.29, 1.82) is 0 Å². The molecule has 3 aromatic rings. The Kier molecular flexibility index (Phi) is 11.3. The lowest BCUT2D eigenvalue weighted by Crippen LogP contribution is -2.56. The maximum absolute atomic E-state index is 13.8. The van der Waals surface area contributed by atoms with Crippen LogP contribution in [0.5, 0.6) is 0 Å². The fraction of sp³-hybridized carbons (Fsp3) is 0.429. The lowest BCUT2D eigenvalue weighted by Gasteiger charge is -2.40. The summed E-state index contributed by atoms with van der Waals surface area (Å²) in [5.41, 5.74) is 0.925. The van der Waals surface area contributed by atoms with Gasteiger partial charge in [-0.05, 0) is 47.7 Å². The van der Waals surface area contributed by atoms with Gasteiger partial charge >= 0.3 is 6.03 Å². The maximum atomic E-state index is 13.8. The highest BCUT2D eigenvalue weighted by Gasteiger charge is 2.30. The number of sulfone groups is 1. The van der Waals surface area contributed by atoms with Gasteiger partial charge in [0.25, 0.3) is 0 Å². The van der Waals surface area contributed by atoms with Crippen LogP contribution in [0.2, 0.25) is 0 Å². The standard InChI is InChI=1S/C35H44N4O5S/c1-2-8-30(17-24-45(42,43)32-11-4-3-5-12-32)36-34(40)33(26-27-13-14-28-9-6-7-10-29(28)25-27)37-35(41)39-18-15-31(16-19-39)38-20-22-44-23-21-38/h3-7,9-14,17,24-25,30-31,33H,2,8,15-16,18-23,26H2,1H3,(H,36,40)(H,37,41)/b24-17+/t30-,33-/m0/s1. The third-order valence-electron chi connectivity index (χ3n) is 8.67. The second-order valence-corrected chi connectivity index (χ2v) is 13.7. The Hall–Kier alpha value is -3.73. The van der Waals surface area contributed by atoms with Gasteiger partial charge in [0, 0.05) is 50.1 Å². The second-order valence-electron chi connectivity index (χ2n) is 11.8. The van der Waals surface area contributed by atoms with Crippen LogP contribution in [0.25, 0.3) is 10.8 Å². The van der Waals surface area contributed by atoms with Crippen molar-refractivity contribution >= 4 is 32.5 Å². The van der Waals surface area contributed by atoms with E-state index in [2.05, 4.69) is 15.5 Å². The predicted octanol–water partition coefficient (Wildman–Crippen LogP) is 4.53. The molecule has 2 atom stereocenters. The number of carbonyl (C=O) groups is 2. The molecule has 2 fully saturated rings. The van der Waals surface area contributed by atoms with Gasteiger partial charge in [-0.1, -0.05) is 80.1 Å². The molecular weight excluding hydrogens is 588 g/mol. The van der Waals surface area contributed by atoms with Crippen molar-refractivity contribution < 1.29 is 22.7 Å². The largest absolute Gasteiger partial charge is 0.379 e. The zero-order valence-electron chi connectivity index (χ0n) is 25.9. The topological polar surface area (TPSA) is 108 Å². The summed E-state index contributed by atoms with van der Waals surface area (Å²) in [6, 6.07) is 21.1. The van der Waals surface area contributed by atoms with Crippen molar-refractivity contribution in [3.63, 3.8) is 0 Å². The summed E-state index contributed by atoms with van der Waals surface area (Å²) < 4.78 is 31.3. The average Bonchev–Trinajstić information content (AvgIpc) is 3.08. The Bertz CT molecular complexity index is 1570. The summed E-state index contributed by atoms with van der Waals surface area (Å²) in [5, 5.41) is 9.36. The number of morpholine rings is 1. The Morgan fingerprint density at radius 3 is 2.31 bits per heavy atom. The molecule has 0 spiro atoms. The summed E-state index contributed by atoms with van der Waals surface area (Å²) in [4.78, 5) is 31.8. The lowest BCUT2D eigenvalue weighted by molar-refractivity contribution is -0.123. The van der Waals surface area contributed by atoms with Crippen molar-refractivity contribution in [3.8, 4) is 0 Å². The molecule has 3 amide bonds. The number of carbonyl (C=O) groups excluding carboxylic acids is 2. The molecule has 2 aliphatic rings. The summed E-state index contributed by atoms with van der Waals surface area (Å²) >= 11 is 0. The van der Waals surface area contributed by atoms with Crippen molar-refractivity contribution in [3.05, 3.63) is 89.8 Å². The monoisotopic (exact) mass is 632 g/mol. The Morgan fingerprint density at radius 1 is 0.911 bits per heavy atom. The van der Waals surface area contributed by atoms with Crippen LogP contribution in [-0.2, 0) is 25.8 Å². The molecule has 0 saturated carbocycles. The van der Waals surface area contributed by atoms with E-state index in [0.717, 1.165) is 61.9 Å². The average molecular weight is 633 g/mol. The predicted molar refractivity (Wildman–Crippen MR) is 177 cm³/mol. The number of rotatable bonds is 11. The van der Waals surface area contributed by atoms with E-state index in [-0.39, 0.29) is 16.8 Å². The maximum Gasteiger partial charge on any atom is 0.318 e. The first-order valence-corrected chi connectivity index (χ1v) is 17.5. The van der Waals surface area contributed by atoms with Gasteiger partial charge in [-0.25, -0.2) is 13.2 Å². The molecule has 2 aliphatic heterocycles. The molecule has 9 nitrogen and oxygen atoms in total. The number of ether oxygens (including phenoxy) is 1. The summed E-state index contributed by atoms with van der Waals surface area (Å²) in [7, 11) is -3.66. The van der Waals surface area contributed by atoms with E-state index in [0.29, 0.717) is 32.0 Å². The normalized spacial score (nSPS) is 18.1. The minimum Gasteiger partial charge on any atom is -0.379 e. The molecule has 2 saturated heterocycles. The number of likely N-dealkylation sites (tertiary alicyclic amines) is 1. The molecule has 10 heteroatoms. The zero-order valence-corrected chi connectivity index (χ0v) is 26.8. The number of amides is 3. The van der Waals surface area contributed by atoms with Crippen molar-refractivity contribution in [2.24, 2.45) is 0 Å². The SMILES string of the molecule is CCC[C@@H](/C=C/S(=O)(=O)c1ccccc1)NC(=O)[C@H](Cc1ccc2ccccc2c1)NC(=O)N1CCC(N2CCOCC2)CC1. The van der Waals surface area contributed by atoms with Gasteiger partial charge in [-0.3, -0.25) is 9.69 Å². The van der Waals surface area contributed by atoms with Crippen LogP contribution >= 0.6 is 0 Å². The van der Waals surface area contributed by atoms with Gasteiger partial charge in [0.15, 0.2) is 9.84 Å². The quantitative estimate of drug-likeness (QED) is 0.322. The molecule has 240 valence electrons. The first-order chi connectivity index (χ1) is 21.8. The number of nitrogens with zero attached hydrogens (tertiary/aromatic N) is 2. The molecule has 2 heterocycles. The third kappa shape index (κ3) is 8.93. The van der Waals surface area contributed by atoms with Gasteiger partial charge in [-0.15, -0.1) is 0 Å². The summed E-state index contributed by atoms with van der Waals surface area (Å²) in [5.74, 6) is -0.347. The van der Waals surface area contributed by atoms with E-state index in [4.69, 9.17) is 4.74 Å². The van der Waals surface area contributed by atoms with Crippen LogP contribution in [0.4, 0.5) is 4.79 Å². The Morgan fingerprint density at radius 2 is 1.60 bits per heavy atom. The third-order valence-corrected chi connectivity index (χ3v) is 10.1. The highest BCUT2D eigenvalue weighted by atomic mass is 32.2. The van der Waals surface area contributed by atoms with Crippen molar-refractivity contribution in [2.45, 2.75) is 62.0 Å². The van der Waals surface area contributed by atoms with E-state index in [9.17, 15) is 18.0 Å². The minimum atomic E-state index is -3.66. The fourth-order valence-corrected chi connectivity index (χ4v) is 7.22. The number of hydrogen-bond acceptors (Lipinski definition) is 6. The van der Waals surface area contributed by atoms with Crippen LogP contribution in [0.3, 0.4) is 0 Å². The molecule has 0 radical (unpaired) electrons. The van der Waals surface area contributed by atoms with E-state index in [1.54, 1.807) is 35.2 Å². The first-order valence-electron chi connectivity index (χ1n) is 16.0. The molecule has 0 bridgehead atoms. The molecule has 3 aromatic carbocycles. The molecular formula is C35H44N4O5S. The summed E-state index contributed by atoms with van der Waals surface area (Å²) in [6.07, 6.45) is 4.90. The van der Waals surface area contributed by atoms with Crippen molar-refractivity contribution in [1.82, 2.24) is 20.4 Å². The smallest absolute Gasteiger partial charge is 0.318 e. The number of urea groups is 1. The van der Waals surface area contributed by atoms with E-state index < -0.39 is 21.9 Å². The minimum absolute atomic E-state index is 0.196. The molecule has 0 aromatic heterocycles. The molecule has 45 heavy (non-hydrogen) atoms. The molecule has 2 N–H and O–H groups in total.